The van der Waals surface area contributed by atoms with Crippen LogP contribution in [0.3, 0.4) is 0 Å². The molecule has 138 valence electrons. The van der Waals surface area contributed by atoms with E-state index in [9.17, 15) is 4.79 Å². The summed E-state index contributed by atoms with van der Waals surface area (Å²) in [4.78, 5) is 13.2. The number of carbonyl (C=O) groups is 1. The molecule has 5 heteroatoms. The standard InChI is InChI=1S/C22H20Cl2N2O/c23-17-10-6-15(7-11-17)21-20(22(27)16-8-12-18(24)13-9-16)14-25-26(21)19-4-2-1-3-5-19/h6-14,19H,1-5H2. The van der Waals surface area contributed by atoms with E-state index in [4.69, 9.17) is 23.2 Å². The van der Waals surface area contributed by atoms with Gasteiger partial charge in [-0.1, -0.05) is 54.6 Å². The molecule has 0 N–H and O–H groups in total. The molecule has 3 nitrogen and oxygen atoms in total. The van der Waals surface area contributed by atoms with Crippen LogP contribution in [-0.2, 0) is 0 Å². The molecule has 0 saturated heterocycles. The van der Waals surface area contributed by atoms with Crippen LogP contribution in [0.15, 0.2) is 54.7 Å². The average Bonchev–Trinajstić information content (AvgIpc) is 3.14. The summed E-state index contributed by atoms with van der Waals surface area (Å²) < 4.78 is 2.05. The zero-order chi connectivity index (χ0) is 18.8. The Morgan fingerprint density at radius 2 is 1.48 bits per heavy atom. The molecule has 4 rings (SSSR count). The molecule has 1 aliphatic rings. The SMILES string of the molecule is O=C(c1ccc(Cl)cc1)c1cnn(C2CCCCC2)c1-c1ccc(Cl)cc1. The molecule has 1 aliphatic carbocycles. The molecule has 0 bridgehead atoms. The average molecular weight is 399 g/mol. The molecule has 0 amide bonds. The van der Waals surface area contributed by atoms with Crippen LogP contribution in [-0.4, -0.2) is 15.6 Å². The maximum atomic E-state index is 13.2. The minimum absolute atomic E-state index is 0.0429. The van der Waals surface area contributed by atoms with E-state index < -0.39 is 0 Å². The fraction of sp³-hybridized carbons (Fsp3) is 0.273. The molecule has 0 spiro atoms. The molecule has 27 heavy (non-hydrogen) atoms. The van der Waals surface area contributed by atoms with Gasteiger partial charge in [0, 0.05) is 21.2 Å². The maximum Gasteiger partial charge on any atom is 0.196 e. The molecular weight excluding hydrogens is 379 g/mol. The van der Waals surface area contributed by atoms with Gasteiger partial charge in [-0.3, -0.25) is 9.48 Å². The molecule has 1 aromatic heterocycles. The van der Waals surface area contributed by atoms with Crippen molar-refractivity contribution in [3.63, 3.8) is 0 Å². The number of hydrogen-bond donors (Lipinski definition) is 0. The van der Waals surface area contributed by atoms with Gasteiger partial charge in [0.25, 0.3) is 0 Å². The van der Waals surface area contributed by atoms with Gasteiger partial charge in [-0.05, 0) is 49.2 Å². The Morgan fingerprint density at radius 1 is 0.889 bits per heavy atom. The fourth-order valence-corrected chi connectivity index (χ4v) is 4.04. The third-order valence-corrected chi connectivity index (χ3v) is 5.69. The van der Waals surface area contributed by atoms with Crippen LogP contribution in [0.2, 0.25) is 10.0 Å². The Bertz CT molecular complexity index is 939. The lowest BCUT2D eigenvalue weighted by molar-refractivity contribution is 0.103. The lowest BCUT2D eigenvalue weighted by Gasteiger charge is -2.24. The summed E-state index contributed by atoms with van der Waals surface area (Å²) >= 11 is 12.0. The van der Waals surface area contributed by atoms with Crippen molar-refractivity contribution in [2.45, 2.75) is 38.1 Å². The van der Waals surface area contributed by atoms with Crippen LogP contribution < -0.4 is 0 Å². The van der Waals surface area contributed by atoms with Crippen LogP contribution in [0.4, 0.5) is 0 Å². The van der Waals surface area contributed by atoms with Gasteiger partial charge in [-0.15, -0.1) is 0 Å². The maximum absolute atomic E-state index is 13.2. The lowest BCUT2D eigenvalue weighted by Crippen LogP contribution is -2.16. The Kier molecular flexibility index (Phi) is 5.33. The second-order valence-corrected chi connectivity index (χ2v) is 7.86. The largest absolute Gasteiger partial charge is 0.288 e. The molecule has 1 fully saturated rings. The fourth-order valence-electron chi connectivity index (χ4n) is 3.78. The van der Waals surface area contributed by atoms with Gasteiger partial charge in [0.15, 0.2) is 5.78 Å². The summed E-state index contributed by atoms with van der Waals surface area (Å²) in [5.74, 6) is -0.0429. The van der Waals surface area contributed by atoms with E-state index in [1.807, 2.05) is 28.9 Å². The molecule has 0 radical (unpaired) electrons. The Morgan fingerprint density at radius 3 is 2.11 bits per heavy atom. The summed E-state index contributed by atoms with van der Waals surface area (Å²) in [6.45, 7) is 0. The predicted octanol–water partition coefficient (Wildman–Crippen LogP) is 6.59. The van der Waals surface area contributed by atoms with Gasteiger partial charge in [-0.2, -0.15) is 5.10 Å². The molecule has 3 aromatic rings. The minimum Gasteiger partial charge on any atom is -0.288 e. The van der Waals surface area contributed by atoms with Crippen molar-refractivity contribution >= 4 is 29.0 Å². The van der Waals surface area contributed by atoms with Crippen LogP contribution in [0.25, 0.3) is 11.3 Å². The predicted molar refractivity (Wildman–Crippen MR) is 110 cm³/mol. The zero-order valence-electron chi connectivity index (χ0n) is 14.9. The van der Waals surface area contributed by atoms with Crippen molar-refractivity contribution in [1.29, 1.82) is 0 Å². The van der Waals surface area contributed by atoms with E-state index in [0.717, 1.165) is 24.1 Å². The number of hydrogen-bond acceptors (Lipinski definition) is 2. The van der Waals surface area contributed by atoms with Gasteiger partial charge in [0.2, 0.25) is 0 Å². The number of nitrogens with zero attached hydrogens (tertiary/aromatic N) is 2. The Balaban J connectivity index is 1.81. The van der Waals surface area contributed by atoms with E-state index in [0.29, 0.717) is 27.2 Å². The molecule has 2 aromatic carbocycles. The van der Waals surface area contributed by atoms with Gasteiger partial charge < -0.3 is 0 Å². The summed E-state index contributed by atoms with van der Waals surface area (Å²) in [5, 5.41) is 5.93. The summed E-state index contributed by atoms with van der Waals surface area (Å²) in [6, 6.07) is 14.9. The minimum atomic E-state index is -0.0429. The number of halogens is 2. The van der Waals surface area contributed by atoms with Crippen molar-refractivity contribution in [3.05, 3.63) is 75.9 Å². The first-order valence-corrected chi connectivity index (χ1v) is 10.0. The monoisotopic (exact) mass is 398 g/mol. The topological polar surface area (TPSA) is 34.9 Å². The van der Waals surface area contributed by atoms with Crippen LogP contribution >= 0.6 is 23.2 Å². The Labute approximate surface area is 168 Å². The third kappa shape index (κ3) is 3.80. The second-order valence-electron chi connectivity index (χ2n) is 6.99. The van der Waals surface area contributed by atoms with Gasteiger partial charge in [-0.25, -0.2) is 0 Å². The number of ketones is 1. The highest BCUT2D eigenvalue weighted by Gasteiger charge is 2.25. The van der Waals surface area contributed by atoms with Gasteiger partial charge in [0.1, 0.15) is 0 Å². The number of benzene rings is 2. The first-order chi connectivity index (χ1) is 13.1. The highest BCUT2D eigenvalue weighted by atomic mass is 35.5. The van der Waals surface area contributed by atoms with Gasteiger partial charge >= 0.3 is 0 Å². The molecule has 1 heterocycles. The first-order valence-electron chi connectivity index (χ1n) is 9.27. The van der Waals surface area contributed by atoms with Crippen molar-refractivity contribution in [2.24, 2.45) is 0 Å². The van der Waals surface area contributed by atoms with Crippen molar-refractivity contribution in [3.8, 4) is 11.3 Å². The van der Waals surface area contributed by atoms with E-state index in [-0.39, 0.29) is 5.78 Å². The molecular formula is C22H20Cl2N2O. The highest BCUT2D eigenvalue weighted by molar-refractivity contribution is 6.31. The first kappa shape index (κ1) is 18.3. The van der Waals surface area contributed by atoms with E-state index >= 15 is 0 Å². The van der Waals surface area contributed by atoms with E-state index in [1.165, 1.54) is 19.3 Å². The summed E-state index contributed by atoms with van der Waals surface area (Å²) in [5.41, 5.74) is 3.06. The number of carbonyl (C=O) groups excluding carboxylic acids is 1. The summed E-state index contributed by atoms with van der Waals surface area (Å²) in [6.07, 6.45) is 7.56. The quantitative estimate of drug-likeness (QED) is 0.464. The summed E-state index contributed by atoms with van der Waals surface area (Å²) in [7, 11) is 0. The molecule has 0 unspecified atom stereocenters. The Hall–Kier alpha value is -2.10. The van der Waals surface area contributed by atoms with Crippen molar-refractivity contribution in [2.75, 3.05) is 0 Å². The zero-order valence-corrected chi connectivity index (χ0v) is 16.4. The second kappa shape index (κ2) is 7.87. The lowest BCUT2D eigenvalue weighted by atomic mass is 9.94. The smallest absolute Gasteiger partial charge is 0.196 e. The van der Waals surface area contributed by atoms with Crippen molar-refractivity contribution < 1.29 is 4.79 Å². The van der Waals surface area contributed by atoms with Gasteiger partial charge in [0.05, 0.1) is 23.5 Å². The van der Waals surface area contributed by atoms with Crippen LogP contribution in [0.1, 0.15) is 54.1 Å². The van der Waals surface area contributed by atoms with Crippen LogP contribution in [0.5, 0.6) is 0 Å². The highest BCUT2D eigenvalue weighted by Crippen LogP contribution is 2.35. The molecule has 0 atom stereocenters. The number of aromatic nitrogens is 2. The van der Waals surface area contributed by atoms with E-state index in [2.05, 4.69) is 5.10 Å². The normalized spacial score (nSPS) is 15.0. The molecule has 0 aliphatic heterocycles. The third-order valence-electron chi connectivity index (χ3n) is 5.18. The van der Waals surface area contributed by atoms with Crippen LogP contribution in [0, 0.1) is 0 Å². The number of rotatable bonds is 4. The van der Waals surface area contributed by atoms with E-state index in [1.54, 1.807) is 30.5 Å². The molecule has 1 saturated carbocycles. The van der Waals surface area contributed by atoms with Crippen molar-refractivity contribution in [1.82, 2.24) is 9.78 Å².